The Morgan fingerprint density at radius 1 is 0.552 bits per heavy atom. The van der Waals surface area contributed by atoms with Crippen LogP contribution in [-0.2, 0) is 19.1 Å². The molecular weight excluding hydrogens is 841 g/mol. The summed E-state index contributed by atoms with van der Waals surface area (Å²) in [6.07, 6.45) is 22.1. The van der Waals surface area contributed by atoms with Crippen molar-refractivity contribution in [3.05, 3.63) is 36.4 Å². The summed E-state index contributed by atoms with van der Waals surface area (Å²) in [6, 6.07) is 10.5. The van der Waals surface area contributed by atoms with E-state index in [-0.39, 0.29) is 36.2 Å². The molecule has 0 aromatic heterocycles. The number of nitrogens with one attached hydrogen (secondary N) is 3. The van der Waals surface area contributed by atoms with Crippen molar-refractivity contribution in [2.75, 3.05) is 54.0 Å². The van der Waals surface area contributed by atoms with Crippen LogP contribution in [0.25, 0.3) is 0 Å². The molecule has 4 amide bonds. The van der Waals surface area contributed by atoms with Crippen LogP contribution in [0.1, 0.15) is 191 Å². The van der Waals surface area contributed by atoms with E-state index in [0.717, 1.165) is 76.1 Å². The summed E-state index contributed by atoms with van der Waals surface area (Å²) in [7, 11) is 0. The number of carbonyl (C=O) groups is 4. The number of nitrogens with zero attached hydrogens (tertiary/aromatic N) is 3. The van der Waals surface area contributed by atoms with E-state index < -0.39 is 18.2 Å². The van der Waals surface area contributed by atoms with Gasteiger partial charge in [0.2, 0.25) is 17.7 Å². The monoisotopic (exact) mass is 933 g/mol. The van der Waals surface area contributed by atoms with Crippen molar-refractivity contribution in [1.29, 1.82) is 0 Å². The number of ether oxygens (including phenoxy) is 2. The largest absolute Gasteiger partial charge is 0.453 e. The first-order chi connectivity index (χ1) is 32.4. The van der Waals surface area contributed by atoms with Crippen molar-refractivity contribution < 1.29 is 28.7 Å². The summed E-state index contributed by atoms with van der Waals surface area (Å²) in [6.45, 7) is 22.5. The first-order valence-corrected chi connectivity index (χ1v) is 26.7. The zero-order valence-electron chi connectivity index (χ0n) is 43.4. The van der Waals surface area contributed by atoms with Gasteiger partial charge in [-0.25, -0.2) is 9.69 Å². The highest BCUT2D eigenvalue weighted by molar-refractivity contribution is 6.01. The molecule has 0 saturated carbocycles. The normalized spacial score (nSPS) is 12.8. The summed E-state index contributed by atoms with van der Waals surface area (Å²) in [4.78, 5) is 59.6. The van der Waals surface area contributed by atoms with Crippen molar-refractivity contribution in [2.45, 2.75) is 203 Å². The maximum Gasteiger partial charge on any atom is 0.419 e. The van der Waals surface area contributed by atoms with Gasteiger partial charge in [0, 0.05) is 62.7 Å². The molecule has 12 heteroatoms. The van der Waals surface area contributed by atoms with E-state index in [4.69, 9.17) is 9.47 Å². The van der Waals surface area contributed by atoms with Gasteiger partial charge in [0.05, 0.1) is 18.0 Å². The second-order valence-electron chi connectivity index (χ2n) is 19.1. The van der Waals surface area contributed by atoms with Gasteiger partial charge in [-0.3, -0.25) is 14.4 Å². The molecule has 0 aliphatic carbocycles. The minimum Gasteiger partial charge on any atom is -0.453 e. The van der Waals surface area contributed by atoms with Crippen molar-refractivity contribution in [3.8, 4) is 11.5 Å². The van der Waals surface area contributed by atoms with Gasteiger partial charge in [-0.2, -0.15) is 0 Å². The van der Waals surface area contributed by atoms with Gasteiger partial charge in [-0.1, -0.05) is 131 Å². The van der Waals surface area contributed by atoms with Crippen molar-refractivity contribution in [1.82, 2.24) is 16.0 Å². The highest BCUT2D eigenvalue weighted by Crippen LogP contribution is 2.49. The molecule has 2 aromatic rings. The highest BCUT2D eigenvalue weighted by Gasteiger charge is 2.33. The molecule has 67 heavy (non-hydrogen) atoms. The zero-order chi connectivity index (χ0) is 49.0. The number of benzene rings is 2. The van der Waals surface area contributed by atoms with Crippen LogP contribution in [0.3, 0.4) is 0 Å². The SMILES string of the molecule is CCCCCCCCCCCCCCCCCC(=O)N[C@H](C(=O)N[C@H](C(=O)NCCCCCCOC(=O)N1c2ccc(N(CC)CC)cc2Oc2cc(N(CC)CC)ccc21)C(C)C)C(C)C. The van der Waals surface area contributed by atoms with Crippen LogP contribution in [0.2, 0.25) is 0 Å². The zero-order valence-corrected chi connectivity index (χ0v) is 43.4. The molecule has 0 bridgehead atoms. The number of anilines is 4. The van der Waals surface area contributed by atoms with Gasteiger partial charge in [-0.05, 0) is 89.5 Å². The number of unbranched alkanes of at least 4 members (excludes halogenated alkanes) is 17. The fourth-order valence-corrected chi connectivity index (χ4v) is 8.90. The molecule has 3 N–H and O–H groups in total. The Morgan fingerprint density at radius 2 is 0.985 bits per heavy atom. The number of carbonyl (C=O) groups excluding carboxylic acids is 4. The van der Waals surface area contributed by atoms with Crippen LogP contribution in [0.5, 0.6) is 11.5 Å². The molecule has 2 atom stereocenters. The number of rotatable bonds is 35. The first kappa shape index (κ1) is 56.8. The Morgan fingerprint density at radius 3 is 1.45 bits per heavy atom. The van der Waals surface area contributed by atoms with Crippen LogP contribution in [0.4, 0.5) is 27.5 Å². The van der Waals surface area contributed by atoms with Crippen LogP contribution in [-0.4, -0.2) is 75.2 Å². The molecule has 1 aliphatic heterocycles. The molecule has 1 heterocycles. The molecule has 0 fully saturated rings. The summed E-state index contributed by atoms with van der Waals surface area (Å²) < 4.78 is 12.3. The van der Waals surface area contributed by atoms with E-state index in [1.165, 1.54) is 77.0 Å². The summed E-state index contributed by atoms with van der Waals surface area (Å²) >= 11 is 0. The first-order valence-electron chi connectivity index (χ1n) is 26.7. The molecule has 0 radical (unpaired) electrons. The molecule has 378 valence electrons. The van der Waals surface area contributed by atoms with Gasteiger partial charge >= 0.3 is 6.09 Å². The fourth-order valence-electron chi connectivity index (χ4n) is 8.90. The average Bonchev–Trinajstić information content (AvgIpc) is 3.31. The third-order valence-corrected chi connectivity index (χ3v) is 13.1. The second-order valence-corrected chi connectivity index (χ2v) is 19.1. The average molecular weight is 933 g/mol. The molecular formula is C55H92N6O6. The third-order valence-electron chi connectivity index (χ3n) is 13.1. The highest BCUT2D eigenvalue weighted by atomic mass is 16.6. The third kappa shape index (κ3) is 19.6. The number of hydrogen-bond donors (Lipinski definition) is 3. The molecule has 3 rings (SSSR count). The predicted octanol–water partition coefficient (Wildman–Crippen LogP) is 13.0. The summed E-state index contributed by atoms with van der Waals surface area (Å²) in [5, 5.41) is 8.90. The molecule has 0 spiro atoms. The van der Waals surface area contributed by atoms with Gasteiger partial charge in [-0.15, -0.1) is 0 Å². The summed E-state index contributed by atoms with van der Waals surface area (Å²) in [5.74, 6) is 0.274. The predicted molar refractivity (Wildman–Crippen MR) is 278 cm³/mol. The standard InChI is InChI=1S/C55H92N6O6/c1-10-15-16-17-18-19-20-21-22-23-24-25-26-27-30-33-50(62)57-52(43(8)9)54(64)58-51(42(6)7)53(63)56-38-31-28-29-32-39-66-55(65)61-46-36-34-44(59(11-2)12-3)40-48(46)67-49-41-45(35-37-47(49)61)60(13-4)14-5/h34-37,40-43,51-52H,10-33,38-39H2,1-9H3,(H,56,63)(H,57,62)(H,58,64)/t51-,52-/m0/s1. The van der Waals surface area contributed by atoms with E-state index in [1.807, 2.05) is 64.1 Å². The van der Waals surface area contributed by atoms with Crippen LogP contribution in [0.15, 0.2) is 36.4 Å². The molecule has 2 aromatic carbocycles. The van der Waals surface area contributed by atoms with E-state index in [9.17, 15) is 19.2 Å². The van der Waals surface area contributed by atoms with Gasteiger partial charge in [0.15, 0.2) is 11.5 Å². The van der Waals surface area contributed by atoms with Gasteiger partial charge in [0.1, 0.15) is 12.1 Å². The lowest BCUT2D eigenvalue weighted by atomic mass is 9.99. The maximum absolute atomic E-state index is 13.8. The minimum atomic E-state index is -0.719. The smallest absolute Gasteiger partial charge is 0.419 e. The quantitative estimate of drug-likeness (QED) is 0.0582. The number of amides is 4. The van der Waals surface area contributed by atoms with E-state index >= 15 is 0 Å². The van der Waals surface area contributed by atoms with Crippen molar-refractivity contribution >= 4 is 46.6 Å². The van der Waals surface area contributed by atoms with Crippen LogP contribution < -0.4 is 35.4 Å². The Bertz CT molecular complexity index is 1680. The van der Waals surface area contributed by atoms with Crippen LogP contribution in [0, 0.1) is 11.8 Å². The molecule has 0 saturated heterocycles. The maximum atomic E-state index is 13.8. The number of hydrogen-bond acceptors (Lipinski definition) is 8. The lowest BCUT2D eigenvalue weighted by molar-refractivity contribution is -0.133. The lowest BCUT2D eigenvalue weighted by Gasteiger charge is -2.33. The lowest BCUT2D eigenvalue weighted by Crippen LogP contribution is -2.56. The summed E-state index contributed by atoms with van der Waals surface area (Å²) in [5.41, 5.74) is 3.35. The van der Waals surface area contributed by atoms with E-state index in [0.29, 0.717) is 42.3 Å². The minimum absolute atomic E-state index is 0.116. The van der Waals surface area contributed by atoms with E-state index in [1.54, 1.807) is 4.90 Å². The van der Waals surface area contributed by atoms with Gasteiger partial charge in [0.25, 0.3) is 0 Å². The Kier molecular flexibility index (Phi) is 27.4. The van der Waals surface area contributed by atoms with Crippen LogP contribution >= 0.6 is 0 Å². The second kappa shape index (κ2) is 32.3. The van der Waals surface area contributed by atoms with Crippen molar-refractivity contribution in [2.24, 2.45) is 11.8 Å². The Labute approximate surface area is 406 Å². The van der Waals surface area contributed by atoms with Gasteiger partial charge < -0.3 is 35.2 Å². The van der Waals surface area contributed by atoms with E-state index in [2.05, 4.69) is 60.4 Å². The Balaban J connectivity index is 1.37. The topological polar surface area (TPSA) is 133 Å². The fraction of sp³-hybridized carbons (Fsp3) is 0.709. The Hall–Kier alpha value is -4.48. The van der Waals surface area contributed by atoms with Crippen molar-refractivity contribution in [3.63, 3.8) is 0 Å². The number of fused-ring (bicyclic) bond motifs is 2. The molecule has 0 unspecified atom stereocenters. The molecule has 12 nitrogen and oxygen atoms in total. The molecule has 1 aliphatic rings.